The number of fused-ring (bicyclic) bond motifs is 5. The number of hydrogen-bond acceptors (Lipinski definition) is 5. The molecule has 0 amide bonds. The number of hydrogen-bond donors (Lipinski definition) is 0. The SMILES string of the molecule is Cc1cccc(C)c1-c1ccc2c(n1)oc1c(-c3nc4ccnc(C)c4n3-c3c(C(C)C)cc(-c4ccc5ccccc5c4)cc3C(C)C)[c-]ccc12.[CH3][Ge]([CH3])([CH3])[c]1cnc(-c2[c-]cccc2)cc1C1CCCCC1.[Ir]. The molecule has 0 saturated heterocycles. The monoisotopic (exact) mass is 1240 g/mol. The first-order chi connectivity index (χ1) is 36.2. The Kier molecular flexibility index (Phi) is 15.2. The molecule has 0 aliphatic heterocycles. The standard InChI is InChI=1S/C48H41N4O.C20H26GeN.Ir/c1-27(2)39-25-35(34-19-18-32-14-8-9-15-33(32)24-34)26-40(28(3)4)45(39)52-44-31(7)49-23-22-42(44)50-47(52)38-17-11-16-36-37-20-21-41(51-48(37)53-46(36)38)43-29(5)12-10-13-30(43)6;1-21(2,3)19-15-22-20(17-12-8-5-9-13-17)14-18(19)16-10-6-4-7-11-16;/h8-16,18-28H,1-7H3;5,8-9,12,14-16H,4,6-7,10-11H2,1-3H3;/q2*-1;. The summed E-state index contributed by atoms with van der Waals surface area (Å²) in [4.78, 5) is 20.0. The molecule has 6 nitrogen and oxygen atoms in total. The summed E-state index contributed by atoms with van der Waals surface area (Å²) < 4.78 is 10.7. The molecule has 6 aromatic carbocycles. The van der Waals surface area contributed by atoms with Gasteiger partial charge in [-0.05, 0) is 113 Å². The Labute approximate surface area is 465 Å². The molecule has 0 bridgehead atoms. The predicted molar refractivity (Wildman–Crippen MR) is 316 cm³/mol. The average Bonchev–Trinajstić information content (AvgIpc) is 4.02. The number of aromatic nitrogens is 5. The number of nitrogens with zero attached hydrogens (tertiary/aromatic N) is 5. The third-order valence-corrected chi connectivity index (χ3v) is 19.8. The van der Waals surface area contributed by atoms with Crippen LogP contribution in [0.1, 0.15) is 111 Å². The Morgan fingerprint density at radius 3 is 2.07 bits per heavy atom. The molecule has 1 fully saturated rings. The molecule has 5 heterocycles. The smallest absolute Gasteiger partial charge is 0 e. The first-order valence-electron chi connectivity index (χ1n) is 27.0. The quantitative estimate of drug-likeness (QED) is 0.106. The first kappa shape index (κ1) is 52.9. The zero-order valence-corrected chi connectivity index (χ0v) is 50.1. The van der Waals surface area contributed by atoms with E-state index < -0.39 is 13.3 Å². The van der Waals surface area contributed by atoms with E-state index >= 15 is 0 Å². The van der Waals surface area contributed by atoms with Crippen molar-refractivity contribution >= 4 is 61.5 Å². The van der Waals surface area contributed by atoms with Crippen LogP contribution in [0.5, 0.6) is 0 Å². The van der Waals surface area contributed by atoms with Crippen molar-refractivity contribution in [2.24, 2.45) is 0 Å². The van der Waals surface area contributed by atoms with Gasteiger partial charge in [0.1, 0.15) is 0 Å². The molecule has 0 unspecified atom stereocenters. The molecule has 5 aromatic heterocycles. The van der Waals surface area contributed by atoms with E-state index in [1.165, 1.54) is 76.3 Å². The second kappa shape index (κ2) is 21.9. The van der Waals surface area contributed by atoms with Gasteiger partial charge in [0.15, 0.2) is 0 Å². The molecular weight excluding hydrogens is 1170 g/mol. The van der Waals surface area contributed by atoms with Crippen molar-refractivity contribution in [1.29, 1.82) is 0 Å². The van der Waals surface area contributed by atoms with Gasteiger partial charge in [0, 0.05) is 42.9 Å². The van der Waals surface area contributed by atoms with Crippen LogP contribution in [0.25, 0.3) is 94.6 Å². The molecular formula is C68H67GeIrN5O-2. The average molecular weight is 1240 g/mol. The fourth-order valence-electron chi connectivity index (χ4n) is 11.6. The largest absolute Gasteiger partial charge is 0 e. The van der Waals surface area contributed by atoms with Crippen LogP contribution >= 0.6 is 0 Å². The number of aryl methyl sites for hydroxylation is 3. The maximum absolute atomic E-state index is 6.75. The summed E-state index contributed by atoms with van der Waals surface area (Å²) in [6, 6.07) is 54.2. The van der Waals surface area contributed by atoms with Crippen LogP contribution in [-0.4, -0.2) is 37.8 Å². The second-order valence-electron chi connectivity index (χ2n) is 22.4. The van der Waals surface area contributed by atoms with Crippen LogP contribution in [0.3, 0.4) is 0 Å². The Balaban J connectivity index is 0.000000239. The molecule has 1 aliphatic carbocycles. The normalized spacial score (nSPS) is 13.2. The Bertz CT molecular complexity index is 3870. The van der Waals surface area contributed by atoms with Crippen molar-refractivity contribution in [3.8, 4) is 50.7 Å². The zero-order chi connectivity index (χ0) is 52.1. The van der Waals surface area contributed by atoms with E-state index in [2.05, 4.69) is 198 Å². The zero-order valence-electron chi connectivity index (χ0n) is 45.6. The second-order valence-corrected chi connectivity index (χ2v) is 33.0. The van der Waals surface area contributed by atoms with E-state index in [0.717, 1.165) is 78.6 Å². The van der Waals surface area contributed by atoms with Crippen LogP contribution in [0.2, 0.25) is 17.3 Å². The van der Waals surface area contributed by atoms with E-state index in [-0.39, 0.29) is 31.9 Å². The summed E-state index contributed by atoms with van der Waals surface area (Å²) in [5.41, 5.74) is 19.2. The topological polar surface area (TPSA) is 69.6 Å². The number of benzene rings is 6. The van der Waals surface area contributed by atoms with Crippen LogP contribution in [0.4, 0.5) is 0 Å². The summed E-state index contributed by atoms with van der Waals surface area (Å²) in [5.74, 6) is 9.43. The predicted octanol–water partition coefficient (Wildman–Crippen LogP) is 18.0. The van der Waals surface area contributed by atoms with Gasteiger partial charge in [-0.15, -0.1) is 18.2 Å². The van der Waals surface area contributed by atoms with Crippen molar-refractivity contribution < 1.29 is 24.5 Å². The van der Waals surface area contributed by atoms with E-state index in [4.69, 9.17) is 24.4 Å². The minimum Gasteiger partial charge on any atom is 0 e. The number of furan rings is 1. The fraction of sp³-hybridized carbons (Fsp3) is 0.265. The molecule has 385 valence electrons. The molecule has 8 heteroatoms. The Morgan fingerprint density at radius 2 is 1.37 bits per heavy atom. The van der Waals surface area contributed by atoms with E-state index in [9.17, 15) is 0 Å². The third-order valence-electron chi connectivity index (χ3n) is 15.5. The molecule has 76 heavy (non-hydrogen) atoms. The molecule has 0 atom stereocenters. The van der Waals surface area contributed by atoms with Crippen LogP contribution in [-0.2, 0) is 20.1 Å². The molecule has 1 saturated carbocycles. The van der Waals surface area contributed by atoms with Gasteiger partial charge >= 0.3 is 137 Å². The van der Waals surface area contributed by atoms with Crippen LogP contribution in [0, 0.1) is 32.9 Å². The van der Waals surface area contributed by atoms with E-state index in [1.54, 1.807) is 9.96 Å². The van der Waals surface area contributed by atoms with Gasteiger partial charge in [0.25, 0.3) is 0 Å². The molecule has 1 radical (unpaired) electrons. The van der Waals surface area contributed by atoms with E-state index in [1.807, 2.05) is 30.5 Å². The summed E-state index contributed by atoms with van der Waals surface area (Å²) in [7, 11) is 0. The van der Waals surface area contributed by atoms with Crippen molar-refractivity contribution in [2.45, 2.75) is 116 Å². The summed E-state index contributed by atoms with van der Waals surface area (Å²) in [6.45, 7) is 15.5. The van der Waals surface area contributed by atoms with Crippen molar-refractivity contribution in [2.75, 3.05) is 0 Å². The van der Waals surface area contributed by atoms with Crippen molar-refractivity contribution in [3.05, 3.63) is 191 Å². The van der Waals surface area contributed by atoms with Crippen molar-refractivity contribution in [1.82, 2.24) is 24.5 Å². The van der Waals surface area contributed by atoms with Crippen LogP contribution < -0.4 is 4.40 Å². The summed E-state index contributed by atoms with van der Waals surface area (Å²) >= 11 is -1.89. The molecule has 11 aromatic rings. The van der Waals surface area contributed by atoms with E-state index in [0.29, 0.717) is 5.71 Å². The fourth-order valence-corrected chi connectivity index (χ4v) is 15.0. The molecule has 0 spiro atoms. The summed E-state index contributed by atoms with van der Waals surface area (Å²) in [6.07, 6.45) is 10.9. The number of pyridine rings is 3. The van der Waals surface area contributed by atoms with Gasteiger partial charge < -0.3 is 8.98 Å². The third kappa shape index (κ3) is 10.1. The van der Waals surface area contributed by atoms with Gasteiger partial charge in [0.2, 0.25) is 5.71 Å². The minimum atomic E-state index is -1.89. The first-order valence-corrected chi connectivity index (χ1v) is 34.4. The minimum absolute atomic E-state index is 0. The van der Waals surface area contributed by atoms with Gasteiger partial charge in [-0.25, -0.2) is 4.98 Å². The van der Waals surface area contributed by atoms with Crippen LogP contribution in [0.15, 0.2) is 150 Å². The Morgan fingerprint density at radius 1 is 0.645 bits per heavy atom. The molecule has 0 N–H and O–H groups in total. The van der Waals surface area contributed by atoms with Gasteiger partial charge in [0.05, 0.1) is 33.8 Å². The summed E-state index contributed by atoms with van der Waals surface area (Å²) in [5, 5.41) is 4.44. The Hall–Kier alpha value is -6.51. The van der Waals surface area contributed by atoms with Crippen molar-refractivity contribution in [3.63, 3.8) is 0 Å². The molecule has 1 aliphatic rings. The number of rotatable bonds is 9. The maximum atomic E-state index is 6.75. The maximum Gasteiger partial charge on any atom is 0 e. The number of imidazole rings is 1. The van der Waals surface area contributed by atoms with Gasteiger partial charge in [-0.2, -0.15) is 0 Å². The van der Waals surface area contributed by atoms with Gasteiger partial charge in [-0.3, -0.25) is 9.97 Å². The van der Waals surface area contributed by atoms with Gasteiger partial charge in [-0.1, -0.05) is 93.2 Å². The molecule has 12 rings (SSSR count).